The van der Waals surface area contributed by atoms with Crippen molar-refractivity contribution in [3.63, 3.8) is 0 Å². The van der Waals surface area contributed by atoms with Gasteiger partial charge in [-0.2, -0.15) is 0 Å². The summed E-state index contributed by atoms with van der Waals surface area (Å²) in [6.45, 7) is 2.17. The lowest BCUT2D eigenvalue weighted by Gasteiger charge is -2.06. The van der Waals surface area contributed by atoms with E-state index in [0.29, 0.717) is 12.2 Å². The van der Waals surface area contributed by atoms with Crippen molar-refractivity contribution in [1.82, 2.24) is 19.7 Å². The first-order valence-corrected chi connectivity index (χ1v) is 8.27. The van der Waals surface area contributed by atoms with Crippen LogP contribution in [0.1, 0.15) is 24.3 Å². The molecule has 0 radical (unpaired) electrons. The van der Waals surface area contributed by atoms with Crippen molar-refractivity contribution < 1.29 is 13.5 Å². The second kappa shape index (κ2) is 6.79. The molecular weight excluding hydrogens is 292 g/mol. The maximum atomic E-state index is 11.3. The van der Waals surface area contributed by atoms with Gasteiger partial charge in [0, 0.05) is 6.54 Å². The van der Waals surface area contributed by atoms with Gasteiger partial charge >= 0.3 is 0 Å². The van der Waals surface area contributed by atoms with E-state index in [9.17, 15) is 13.5 Å². The summed E-state index contributed by atoms with van der Waals surface area (Å²) in [6, 6.07) is 9.15. The summed E-state index contributed by atoms with van der Waals surface area (Å²) in [4.78, 5) is 0. The summed E-state index contributed by atoms with van der Waals surface area (Å²) >= 11 is 0. The lowest BCUT2D eigenvalue weighted by molar-refractivity contribution is 0.215. The Morgan fingerprint density at radius 1 is 1.33 bits per heavy atom. The molecule has 1 atom stereocenters. The minimum absolute atomic E-state index is 0.0440. The number of aliphatic hydroxyl groups is 1. The van der Waals surface area contributed by atoms with Gasteiger partial charge in [0.05, 0.1) is 18.5 Å². The molecular formula is C13H18N4O3S. The third kappa shape index (κ3) is 4.35. The van der Waals surface area contributed by atoms with Gasteiger partial charge in [-0.15, -0.1) is 5.10 Å². The van der Waals surface area contributed by atoms with Crippen LogP contribution in [0.25, 0.3) is 0 Å². The van der Waals surface area contributed by atoms with E-state index in [0.717, 1.165) is 5.56 Å². The van der Waals surface area contributed by atoms with Crippen molar-refractivity contribution in [2.24, 2.45) is 0 Å². The molecule has 0 spiro atoms. The lowest BCUT2D eigenvalue weighted by atomic mass is 10.1. The van der Waals surface area contributed by atoms with Crippen LogP contribution in [0.5, 0.6) is 0 Å². The zero-order valence-corrected chi connectivity index (χ0v) is 12.5. The maximum Gasteiger partial charge on any atom is 0.211 e. The lowest BCUT2D eigenvalue weighted by Crippen LogP contribution is -2.28. The number of nitrogens with one attached hydrogen (secondary N) is 1. The number of benzene rings is 1. The average Bonchev–Trinajstić information content (AvgIpc) is 2.96. The number of aliphatic hydroxyl groups excluding tert-OH is 1. The van der Waals surface area contributed by atoms with Crippen LogP contribution in [0.3, 0.4) is 0 Å². The first kappa shape index (κ1) is 15.6. The molecule has 1 heterocycles. The van der Waals surface area contributed by atoms with Crippen LogP contribution in [0, 0.1) is 0 Å². The molecule has 0 unspecified atom stereocenters. The topological polar surface area (TPSA) is 97.1 Å². The quantitative estimate of drug-likeness (QED) is 0.766. The highest BCUT2D eigenvalue weighted by molar-refractivity contribution is 7.89. The van der Waals surface area contributed by atoms with Gasteiger partial charge in [0.1, 0.15) is 11.8 Å². The molecule has 0 aliphatic heterocycles. The highest BCUT2D eigenvalue weighted by atomic mass is 32.2. The van der Waals surface area contributed by atoms with Gasteiger partial charge < -0.3 is 5.11 Å². The summed E-state index contributed by atoms with van der Waals surface area (Å²) < 4.78 is 26.5. The molecule has 2 N–H and O–H groups in total. The van der Waals surface area contributed by atoms with E-state index in [1.807, 2.05) is 18.2 Å². The van der Waals surface area contributed by atoms with E-state index in [1.54, 1.807) is 25.3 Å². The SMILES string of the molecule is CCS(=O)(=O)NCCn1cc([C@H](O)c2ccccc2)nn1. The highest BCUT2D eigenvalue weighted by Gasteiger charge is 2.14. The first-order chi connectivity index (χ1) is 10.0. The smallest absolute Gasteiger partial charge is 0.211 e. The summed E-state index contributed by atoms with van der Waals surface area (Å²) in [5, 5.41) is 18.0. The van der Waals surface area contributed by atoms with Crippen molar-refractivity contribution in [2.75, 3.05) is 12.3 Å². The van der Waals surface area contributed by atoms with Gasteiger partial charge in [-0.05, 0) is 12.5 Å². The Morgan fingerprint density at radius 3 is 2.71 bits per heavy atom. The van der Waals surface area contributed by atoms with Crippen LogP contribution < -0.4 is 4.72 Å². The molecule has 0 saturated carbocycles. The fourth-order valence-electron chi connectivity index (χ4n) is 1.77. The number of nitrogens with zero attached hydrogens (tertiary/aromatic N) is 3. The van der Waals surface area contributed by atoms with Gasteiger partial charge in [0.2, 0.25) is 10.0 Å². The molecule has 0 bridgehead atoms. The van der Waals surface area contributed by atoms with E-state index in [-0.39, 0.29) is 12.3 Å². The molecule has 0 aliphatic rings. The minimum Gasteiger partial charge on any atom is -0.382 e. The Morgan fingerprint density at radius 2 is 2.05 bits per heavy atom. The van der Waals surface area contributed by atoms with E-state index >= 15 is 0 Å². The number of sulfonamides is 1. The number of rotatable bonds is 7. The monoisotopic (exact) mass is 310 g/mol. The van der Waals surface area contributed by atoms with Gasteiger partial charge in [-0.1, -0.05) is 35.5 Å². The van der Waals surface area contributed by atoms with Gasteiger partial charge in [0.25, 0.3) is 0 Å². The normalized spacial score (nSPS) is 13.2. The fraction of sp³-hybridized carbons (Fsp3) is 0.385. The Balaban J connectivity index is 1.96. The van der Waals surface area contributed by atoms with Crippen LogP contribution in [0.2, 0.25) is 0 Å². The van der Waals surface area contributed by atoms with Crippen LogP contribution in [-0.2, 0) is 16.6 Å². The van der Waals surface area contributed by atoms with E-state index < -0.39 is 16.1 Å². The predicted octanol–water partition coefficient (Wildman–Crippen LogP) is 0.299. The molecule has 0 aliphatic carbocycles. The zero-order chi connectivity index (χ0) is 15.3. The molecule has 0 amide bonds. The summed E-state index contributed by atoms with van der Waals surface area (Å²) in [5.74, 6) is 0.0440. The molecule has 2 rings (SSSR count). The van der Waals surface area contributed by atoms with Crippen LogP contribution in [0.15, 0.2) is 36.5 Å². The zero-order valence-electron chi connectivity index (χ0n) is 11.7. The third-order valence-corrected chi connectivity index (χ3v) is 4.40. The summed E-state index contributed by atoms with van der Waals surface area (Å²) in [7, 11) is -3.20. The first-order valence-electron chi connectivity index (χ1n) is 6.62. The van der Waals surface area contributed by atoms with Gasteiger partial charge in [0.15, 0.2) is 0 Å². The van der Waals surface area contributed by atoms with Crippen LogP contribution in [-0.4, -0.2) is 40.8 Å². The Labute approximate surface area is 123 Å². The standard InChI is InChI=1S/C13H18N4O3S/c1-2-21(19,20)14-8-9-17-10-12(15-16-17)13(18)11-6-4-3-5-7-11/h3-7,10,13-14,18H,2,8-9H2,1H3/t13-/m1/s1. The molecule has 21 heavy (non-hydrogen) atoms. The molecule has 0 fully saturated rings. The Kier molecular flexibility index (Phi) is 5.05. The molecule has 1 aromatic carbocycles. The Bertz CT molecular complexity index is 670. The third-order valence-electron chi connectivity index (χ3n) is 2.99. The van der Waals surface area contributed by atoms with E-state index in [4.69, 9.17) is 0 Å². The van der Waals surface area contributed by atoms with Crippen molar-refractivity contribution in [3.8, 4) is 0 Å². The second-order valence-electron chi connectivity index (χ2n) is 4.52. The van der Waals surface area contributed by atoms with Crippen molar-refractivity contribution in [3.05, 3.63) is 47.8 Å². The molecule has 0 saturated heterocycles. The molecule has 7 nitrogen and oxygen atoms in total. The Hall–Kier alpha value is -1.77. The number of aromatic nitrogens is 3. The molecule has 2 aromatic rings. The van der Waals surface area contributed by atoms with Gasteiger partial charge in [-0.3, -0.25) is 4.68 Å². The highest BCUT2D eigenvalue weighted by Crippen LogP contribution is 2.18. The minimum atomic E-state index is -3.20. The average molecular weight is 310 g/mol. The predicted molar refractivity (Wildman–Crippen MR) is 78.0 cm³/mol. The van der Waals surface area contributed by atoms with Crippen LogP contribution in [0.4, 0.5) is 0 Å². The maximum absolute atomic E-state index is 11.3. The number of hydrogen-bond acceptors (Lipinski definition) is 5. The summed E-state index contributed by atoms with van der Waals surface area (Å²) in [5.41, 5.74) is 1.16. The van der Waals surface area contributed by atoms with E-state index in [2.05, 4.69) is 15.0 Å². The molecule has 114 valence electrons. The van der Waals surface area contributed by atoms with Crippen molar-refractivity contribution in [1.29, 1.82) is 0 Å². The van der Waals surface area contributed by atoms with Crippen LogP contribution >= 0.6 is 0 Å². The van der Waals surface area contributed by atoms with E-state index in [1.165, 1.54) is 4.68 Å². The second-order valence-corrected chi connectivity index (χ2v) is 6.61. The van der Waals surface area contributed by atoms with Gasteiger partial charge in [-0.25, -0.2) is 13.1 Å². The largest absolute Gasteiger partial charge is 0.382 e. The summed E-state index contributed by atoms with van der Waals surface area (Å²) in [6.07, 6.45) is 0.769. The fourth-order valence-corrected chi connectivity index (χ4v) is 2.38. The van der Waals surface area contributed by atoms with Crippen molar-refractivity contribution in [2.45, 2.75) is 19.6 Å². The molecule has 8 heteroatoms. The number of hydrogen-bond donors (Lipinski definition) is 2. The van der Waals surface area contributed by atoms with Crippen molar-refractivity contribution >= 4 is 10.0 Å². The molecule has 1 aromatic heterocycles.